The van der Waals surface area contributed by atoms with Crippen LogP contribution in [0, 0.1) is 5.92 Å². The molecule has 1 aliphatic carbocycles. The van der Waals surface area contributed by atoms with Gasteiger partial charge in [-0.25, -0.2) is 0 Å². The van der Waals surface area contributed by atoms with Gasteiger partial charge in [0.25, 0.3) is 0 Å². The number of furan rings is 1. The quantitative estimate of drug-likeness (QED) is 0.822. The Morgan fingerprint density at radius 3 is 2.60 bits per heavy atom. The van der Waals surface area contributed by atoms with Crippen molar-refractivity contribution in [2.45, 2.75) is 52.1 Å². The fourth-order valence-electron chi connectivity index (χ4n) is 1.76. The second-order valence-electron chi connectivity index (χ2n) is 5.73. The van der Waals surface area contributed by atoms with E-state index < -0.39 is 0 Å². The number of nitrogens with one attached hydrogen (secondary N) is 1. The summed E-state index contributed by atoms with van der Waals surface area (Å²) in [6.45, 7) is 9.60. The first-order chi connectivity index (χ1) is 6.96. The van der Waals surface area contributed by atoms with Crippen molar-refractivity contribution in [3.8, 4) is 0 Å². The van der Waals surface area contributed by atoms with Crippen molar-refractivity contribution in [2.75, 3.05) is 0 Å². The summed E-state index contributed by atoms with van der Waals surface area (Å²) in [5.41, 5.74) is 0.153. The molecular weight excluding hydrogens is 186 g/mol. The molecule has 2 heteroatoms. The molecule has 1 fully saturated rings. The largest absolute Gasteiger partial charge is 0.464 e. The van der Waals surface area contributed by atoms with Gasteiger partial charge in [0.15, 0.2) is 0 Å². The third kappa shape index (κ3) is 2.85. The summed E-state index contributed by atoms with van der Waals surface area (Å²) in [5, 5.41) is 3.43. The minimum Gasteiger partial charge on any atom is -0.464 e. The van der Waals surface area contributed by atoms with Crippen molar-refractivity contribution in [3.63, 3.8) is 0 Å². The molecule has 0 radical (unpaired) electrons. The van der Waals surface area contributed by atoms with Gasteiger partial charge in [-0.15, -0.1) is 0 Å². The second kappa shape index (κ2) is 3.67. The normalized spacial score (nSPS) is 25.6. The Bertz CT molecular complexity index is 335. The summed E-state index contributed by atoms with van der Waals surface area (Å²) in [6.07, 6.45) is 1.29. The summed E-state index contributed by atoms with van der Waals surface area (Å²) < 4.78 is 5.81. The number of hydrogen-bond acceptors (Lipinski definition) is 2. The smallest absolute Gasteiger partial charge is 0.117 e. The lowest BCUT2D eigenvalue weighted by atomic mass is 10.1. The summed E-state index contributed by atoms with van der Waals surface area (Å²) >= 11 is 0. The SMILES string of the molecule is CC1CC1c1ccc(CNC(C)(C)C)o1. The molecule has 0 spiro atoms. The van der Waals surface area contributed by atoms with Gasteiger partial charge >= 0.3 is 0 Å². The highest BCUT2D eigenvalue weighted by atomic mass is 16.3. The first kappa shape index (κ1) is 10.7. The fraction of sp³-hybridized carbons (Fsp3) is 0.692. The van der Waals surface area contributed by atoms with Gasteiger partial charge in [0.1, 0.15) is 11.5 Å². The monoisotopic (exact) mass is 207 g/mol. The van der Waals surface area contributed by atoms with E-state index in [0.717, 1.165) is 18.2 Å². The van der Waals surface area contributed by atoms with E-state index >= 15 is 0 Å². The van der Waals surface area contributed by atoms with E-state index in [1.165, 1.54) is 12.2 Å². The van der Waals surface area contributed by atoms with E-state index in [0.29, 0.717) is 5.92 Å². The molecule has 2 nitrogen and oxygen atoms in total. The first-order valence-electron chi connectivity index (χ1n) is 5.79. The average Bonchev–Trinajstić information content (AvgIpc) is 2.68. The van der Waals surface area contributed by atoms with Gasteiger partial charge in [0.05, 0.1) is 6.54 Å². The maximum absolute atomic E-state index is 5.81. The van der Waals surface area contributed by atoms with Crippen LogP contribution in [-0.2, 0) is 6.54 Å². The van der Waals surface area contributed by atoms with Crippen LogP contribution in [0.3, 0.4) is 0 Å². The third-order valence-electron chi connectivity index (χ3n) is 2.95. The summed E-state index contributed by atoms with van der Waals surface area (Å²) in [4.78, 5) is 0. The molecular formula is C13H21NO. The van der Waals surface area contributed by atoms with E-state index in [2.05, 4.69) is 45.1 Å². The Morgan fingerprint density at radius 1 is 1.40 bits per heavy atom. The number of hydrogen-bond donors (Lipinski definition) is 1. The Morgan fingerprint density at radius 2 is 2.07 bits per heavy atom. The molecule has 1 heterocycles. The summed E-state index contributed by atoms with van der Waals surface area (Å²) in [5.74, 6) is 3.74. The Labute approximate surface area is 92.1 Å². The molecule has 2 atom stereocenters. The molecule has 1 aromatic heterocycles. The lowest BCUT2D eigenvalue weighted by Gasteiger charge is -2.19. The topological polar surface area (TPSA) is 25.2 Å². The van der Waals surface area contributed by atoms with Gasteiger partial charge in [-0.2, -0.15) is 0 Å². The van der Waals surface area contributed by atoms with Crippen LogP contribution in [0.1, 0.15) is 51.6 Å². The standard InChI is InChI=1S/C13H21NO/c1-9-7-11(9)12-6-5-10(15-12)8-14-13(2,3)4/h5-6,9,11,14H,7-8H2,1-4H3. The average molecular weight is 207 g/mol. The molecule has 15 heavy (non-hydrogen) atoms. The summed E-state index contributed by atoms with van der Waals surface area (Å²) in [7, 11) is 0. The lowest BCUT2D eigenvalue weighted by molar-refractivity contribution is 0.378. The van der Waals surface area contributed by atoms with Crippen molar-refractivity contribution < 1.29 is 4.42 Å². The van der Waals surface area contributed by atoms with Gasteiger partial charge < -0.3 is 9.73 Å². The molecule has 84 valence electrons. The van der Waals surface area contributed by atoms with E-state index in [1.807, 2.05) is 0 Å². The second-order valence-corrected chi connectivity index (χ2v) is 5.73. The molecule has 1 saturated carbocycles. The van der Waals surface area contributed by atoms with E-state index in [-0.39, 0.29) is 5.54 Å². The van der Waals surface area contributed by atoms with Gasteiger partial charge in [-0.3, -0.25) is 0 Å². The highest BCUT2D eigenvalue weighted by Gasteiger charge is 2.36. The molecule has 2 rings (SSSR count). The van der Waals surface area contributed by atoms with Crippen LogP contribution in [0.4, 0.5) is 0 Å². The molecule has 0 aromatic carbocycles. The van der Waals surface area contributed by atoms with E-state index in [4.69, 9.17) is 4.42 Å². The van der Waals surface area contributed by atoms with Crippen molar-refractivity contribution >= 4 is 0 Å². The fourth-order valence-corrected chi connectivity index (χ4v) is 1.76. The Hall–Kier alpha value is -0.760. The third-order valence-corrected chi connectivity index (χ3v) is 2.95. The molecule has 0 aliphatic heterocycles. The molecule has 1 aromatic rings. The Balaban J connectivity index is 1.90. The first-order valence-corrected chi connectivity index (χ1v) is 5.79. The maximum Gasteiger partial charge on any atom is 0.117 e. The van der Waals surface area contributed by atoms with Crippen LogP contribution < -0.4 is 5.32 Å². The van der Waals surface area contributed by atoms with Crippen LogP contribution >= 0.6 is 0 Å². The van der Waals surface area contributed by atoms with Crippen LogP contribution in [0.5, 0.6) is 0 Å². The van der Waals surface area contributed by atoms with Crippen LogP contribution in [0.15, 0.2) is 16.5 Å². The molecule has 1 aliphatic rings. The minimum absolute atomic E-state index is 0.153. The van der Waals surface area contributed by atoms with Crippen molar-refractivity contribution in [1.82, 2.24) is 5.32 Å². The zero-order valence-corrected chi connectivity index (χ0v) is 10.1. The Kier molecular flexibility index (Phi) is 2.63. The molecule has 1 N–H and O–H groups in total. The van der Waals surface area contributed by atoms with Crippen LogP contribution in [0.2, 0.25) is 0 Å². The lowest BCUT2D eigenvalue weighted by Crippen LogP contribution is -2.34. The highest BCUT2D eigenvalue weighted by Crippen LogP contribution is 2.47. The molecule has 0 amide bonds. The van der Waals surface area contributed by atoms with Gasteiger partial charge in [0.2, 0.25) is 0 Å². The molecule has 2 unspecified atom stereocenters. The van der Waals surface area contributed by atoms with Crippen LogP contribution in [-0.4, -0.2) is 5.54 Å². The van der Waals surface area contributed by atoms with Gasteiger partial charge in [-0.1, -0.05) is 6.92 Å². The van der Waals surface area contributed by atoms with Crippen molar-refractivity contribution in [1.29, 1.82) is 0 Å². The van der Waals surface area contributed by atoms with E-state index in [1.54, 1.807) is 0 Å². The molecule has 0 saturated heterocycles. The summed E-state index contributed by atoms with van der Waals surface area (Å²) in [6, 6.07) is 4.23. The van der Waals surface area contributed by atoms with Crippen molar-refractivity contribution in [2.24, 2.45) is 5.92 Å². The van der Waals surface area contributed by atoms with Gasteiger partial charge in [-0.05, 0) is 45.2 Å². The zero-order chi connectivity index (χ0) is 11.1. The van der Waals surface area contributed by atoms with Gasteiger partial charge in [0, 0.05) is 11.5 Å². The number of rotatable bonds is 3. The zero-order valence-electron chi connectivity index (χ0n) is 10.1. The highest BCUT2D eigenvalue weighted by molar-refractivity contribution is 5.17. The predicted molar refractivity (Wildman–Crippen MR) is 61.8 cm³/mol. The minimum atomic E-state index is 0.153. The molecule has 0 bridgehead atoms. The van der Waals surface area contributed by atoms with E-state index in [9.17, 15) is 0 Å². The van der Waals surface area contributed by atoms with Crippen LogP contribution in [0.25, 0.3) is 0 Å². The predicted octanol–water partition coefficient (Wildman–Crippen LogP) is 3.29. The van der Waals surface area contributed by atoms with Crippen molar-refractivity contribution in [3.05, 3.63) is 23.7 Å². The maximum atomic E-state index is 5.81.